The molecule has 0 aliphatic heterocycles. The smallest absolute Gasteiger partial charge is 0.328 e. The molecule has 2 aromatic carbocycles. The number of aromatic nitrogens is 2. The fourth-order valence-electron chi connectivity index (χ4n) is 3.24. The van der Waals surface area contributed by atoms with Crippen LogP contribution in [0.3, 0.4) is 0 Å². The number of carbonyl (C=O) groups excluding carboxylic acids is 2. The number of amides is 1. The summed E-state index contributed by atoms with van der Waals surface area (Å²) in [5.74, 6) is -0.346. The van der Waals surface area contributed by atoms with Gasteiger partial charge in [0.2, 0.25) is 5.95 Å². The molecule has 0 aliphatic carbocycles. The standard InChI is InChI=1S/C25H25ClN4O3/c1-17-7-4-9-20(26)22(17)23(31)29-21(24(32)33-3)10-5-8-18-11-13-19(14-12-18)30(2)25-27-15-6-16-28-25/h4-9,11-16,21H,10H2,1-3H3,(H,29,31). The molecule has 1 atom stereocenters. The molecule has 1 N–H and O–H groups in total. The van der Waals surface area contributed by atoms with E-state index in [1.165, 1.54) is 7.11 Å². The first-order chi connectivity index (χ1) is 15.9. The molecule has 1 heterocycles. The highest BCUT2D eigenvalue weighted by atomic mass is 35.5. The molecule has 1 aromatic heterocycles. The van der Waals surface area contributed by atoms with Gasteiger partial charge < -0.3 is 15.0 Å². The molecule has 8 heteroatoms. The summed E-state index contributed by atoms with van der Waals surface area (Å²) in [6.45, 7) is 1.79. The first-order valence-electron chi connectivity index (χ1n) is 10.3. The lowest BCUT2D eigenvalue weighted by atomic mass is 10.1. The zero-order valence-electron chi connectivity index (χ0n) is 18.7. The second-order valence-corrected chi connectivity index (χ2v) is 7.73. The maximum atomic E-state index is 12.7. The SMILES string of the molecule is COC(=O)C(CC=Cc1ccc(N(C)c2ncccn2)cc1)NC(=O)c1c(C)cccc1Cl. The summed E-state index contributed by atoms with van der Waals surface area (Å²) in [5.41, 5.74) is 2.95. The van der Waals surface area contributed by atoms with Crippen LogP contribution in [0.15, 0.2) is 67.0 Å². The van der Waals surface area contributed by atoms with E-state index in [9.17, 15) is 9.59 Å². The van der Waals surface area contributed by atoms with E-state index in [1.807, 2.05) is 48.4 Å². The van der Waals surface area contributed by atoms with Crippen LogP contribution in [-0.4, -0.2) is 42.0 Å². The summed E-state index contributed by atoms with van der Waals surface area (Å²) in [4.78, 5) is 35.3. The lowest BCUT2D eigenvalue weighted by Crippen LogP contribution is -2.41. The number of nitrogens with one attached hydrogen (secondary N) is 1. The van der Waals surface area contributed by atoms with Crippen LogP contribution < -0.4 is 10.2 Å². The number of aryl methyl sites for hydroxylation is 1. The number of anilines is 2. The van der Waals surface area contributed by atoms with Gasteiger partial charge in [0.1, 0.15) is 6.04 Å². The third kappa shape index (κ3) is 6.17. The number of rotatable bonds is 8. The highest BCUT2D eigenvalue weighted by Gasteiger charge is 2.23. The summed E-state index contributed by atoms with van der Waals surface area (Å²) in [5, 5.41) is 3.06. The minimum Gasteiger partial charge on any atom is -0.467 e. The van der Waals surface area contributed by atoms with Crippen LogP contribution in [0.25, 0.3) is 6.08 Å². The van der Waals surface area contributed by atoms with E-state index < -0.39 is 17.9 Å². The maximum Gasteiger partial charge on any atom is 0.328 e. The second-order valence-electron chi connectivity index (χ2n) is 7.32. The van der Waals surface area contributed by atoms with E-state index in [0.717, 1.165) is 16.8 Å². The van der Waals surface area contributed by atoms with Gasteiger partial charge in [-0.25, -0.2) is 14.8 Å². The van der Waals surface area contributed by atoms with Gasteiger partial charge >= 0.3 is 5.97 Å². The molecule has 0 bridgehead atoms. The van der Waals surface area contributed by atoms with Crippen molar-refractivity contribution >= 4 is 41.2 Å². The average Bonchev–Trinajstić information content (AvgIpc) is 2.83. The van der Waals surface area contributed by atoms with Crippen LogP contribution in [0.5, 0.6) is 0 Å². The van der Waals surface area contributed by atoms with E-state index in [1.54, 1.807) is 43.6 Å². The maximum absolute atomic E-state index is 12.7. The average molecular weight is 465 g/mol. The Kier molecular flexibility index (Phi) is 8.16. The number of ether oxygens (including phenoxy) is 1. The van der Waals surface area contributed by atoms with Crippen molar-refractivity contribution in [1.82, 2.24) is 15.3 Å². The van der Waals surface area contributed by atoms with Gasteiger partial charge in [-0.2, -0.15) is 0 Å². The predicted molar refractivity (Wildman–Crippen MR) is 130 cm³/mol. The molecule has 170 valence electrons. The van der Waals surface area contributed by atoms with Crippen LogP contribution in [0, 0.1) is 6.92 Å². The van der Waals surface area contributed by atoms with Crippen molar-refractivity contribution in [1.29, 1.82) is 0 Å². The molecule has 0 spiro atoms. The van der Waals surface area contributed by atoms with Crippen molar-refractivity contribution in [2.75, 3.05) is 19.1 Å². The highest BCUT2D eigenvalue weighted by molar-refractivity contribution is 6.34. The Bertz CT molecular complexity index is 1110. The molecule has 33 heavy (non-hydrogen) atoms. The number of nitrogens with zero attached hydrogens (tertiary/aromatic N) is 3. The van der Waals surface area contributed by atoms with Crippen LogP contribution in [0.4, 0.5) is 11.6 Å². The van der Waals surface area contributed by atoms with Crippen molar-refractivity contribution in [3.63, 3.8) is 0 Å². The summed E-state index contributed by atoms with van der Waals surface area (Å²) >= 11 is 6.18. The van der Waals surface area contributed by atoms with E-state index in [0.29, 0.717) is 16.5 Å². The van der Waals surface area contributed by atoms with Crippen LogP contribution in [-0.2, 0) is 9.53 Å². The Balaban J connectivity index is 1.66. The normalized spacial score (nSPS) is 11.8. The van der Waals surface area contributed by atoms with Gasteiger partial charge in [0.05, 0.1) is 17.7 Å². The first kappa shape index (κ1) is 23.9. The summed E-state index contributed by atoms with van der Waals surface area (Å²) in [6, 6.07) is 13.9. The second kappa shape index (κ2) is 11.2. The number of methoxy groups -OCH3 is 1. The van der Waals surface area contributed by atoms with Crippen LogP contribution >= 0.6 is 11.6 Å². The monoisotopic (exact) mass is 464 g/mol. The topological polar surface area (TPSA) is 84.4 Å². The van der Waals surface area contributed by atoms with Crippen molar-refractivity contribution in [2.45, 2.75) is 19.4 Å². The highest BCUT2D eigenvalue weighted by Crippen LogP contribution is 2.21. The molecule has 0 radical (unpaired) electrons. The molecular weight excluding hydrogens is 440 g/mol. The minimum atomic E-state index is -0.838. The van der Waals surface area contributed by atoms with Gasteiger partial charge in [0.15, 0.2) is 0 Å². The zero-order chi connectivity index (χ0) is 23.8. The third-order valence-corrected chi connectivity index (χ3v) is 5.37. The Hall–Kier alpha value is -3.71. The number of hydrogen-bond acceptors (Lipinski definition) is 6. The molecule has 0 saturated carbocycles. The third-order valence-electron chi connectivity index (χ3n) is 5.05. The molecule has 1 amide bonds. The Morgan fingerprint density at radius 3 is 2.45 bits per heavy atom. The molecule has 0 fully saturated rings. The quantitative estimate of drug-likeness (QED) is 0.491. The number of carbonyl (C=O) groups is 2. The van der Waals surface area contributed by atoms with Gasteiger partial charge in [-0.05, 0) is 48.7 Å². The molecular formula is C25H25ClN4O3. The Morgan fingerprint density at radius 1 is 1.12 bits per heavy atom. The molecule has 0 aliphatic rings. The fraction of sp³-hybridized carbons (Fsp3) is 0.200. The molecule has 3 rings (SSSR count). The zero-order valence-corrected chi connectivity index (χ0v) is 19.4. The fourth-order valence-corrected chi connectivity index (χ4v) is 3.54. The summed E-state index contributed by atoms with van der Waals surface area (Å²) < 4.78 is 4.86. The van der Waals surface area contributed by atoms with E-state index in [4.69, 9.17) is 16.3 Å². The van der Waals surface area contributed by atoms with Crippen molar-refractivity contribution < 1.29 is 14.3 Å². The number of esters is 1. The van der Waals surface area contributed by atoms with E-state index in [-0.39, 0.29) is 6.42 Å². The predicted octanol–water partition coefficient (Wildman–Crippen LogP) is 4.58. The first-order valence-corrected chi connectivity index (χ1v) is 10.7. The lowest BCUT2D eigenvalue weighted by molar-refractivity contribution is -0.142. The van der Waals surface area contributed by atoms with Gasteiger partial charge in [-0.3, -0.25) is 4.79 Å². The summed E-state index contributed by atoms with van der Waals surface area (Å²) in [6.07, 6.45) is 7.35. The van der Waals surface area contributed by atoms with Crippen molar-refractivity contribution in [3.8, 4) is 0 Å². The Labute approximate surface area is 198 Å². The van der Waals surface area contributed by atoms with E-state index in [2.05, 4.69) is 15.3 Å². The largest absolute Gasteiger partial charge is 0.467 e. The number of halogens is 1. The van der Waals surface area contributed by atoms with Gasteiger partial charge in [-0.1, -0.05) is 48.0 Å². The van der Waals surface area contributed by atoms with Crippen molar-refractivity contribution in [2.24, 2.45) is 0 Å². The van der Waals surface area contributed by atoms with Crippen LogP contribution in [0.1, 0.15) is 27.9 Å². The lowest BCUT2D eigenvalue weighted by Gasteiger charge is -2.17. The summed E-state index contributed by atoms with van der Waals surface area (Å²) in [7, 11) is 3.18. The Morgan fingerprint density at radius 2 is 1.82 bits per heavy atom. The number of hydrogen-bond donors (Lipinski definition) is 1. The van der Waals surface area contributed by atoms with Gasteiger partial charge in [-0.15, -0.1) is 0 Å². The van der Waals surface area contributed by atoms with Crippen molar-refractivity contribution in [3.05, 3.63) is 88.7 Å². The van der Waals surface area contributed by atoms with E-state index >= 15 is 0 Å². The van der Waals surface area contributed by atoms with Gasteiger partial charge in [0, 0.05) is 25.1 Å². The number of benzene rings is 2. The minimum absolute atomic E-state index is 0.265. The van der Waals surface area contributed by atoms with Gasteiger partial charge in [0.25, 0.3) is 5.91 Å². The molecule has 7 nitrogen and oxygen atoms in total. The molecule has 0 saturated heterocycles. The van der Waals surface area contributed by atoms with Crippen LogP contribution in [0.2, 0.25) is 5.02 Å². The molecule has 1 unspecified atom stereocenters. The molecule has 3 aromatic rings.